The van der Waals surface area contributed by atoms with Crippen LogP contribution in [0, 0.1) is 18.3 Å². The Morgan fingerprint density at radius 2 is 1.72 bits per heavy atom. The summed E-state index contributed by atoms with van der Waals surface area (Å²) >= 11 is 0. The number of nitriles is 1. The van der Waals surface area contributed by atoms with Crippen LogP contribution in [0.25, 0.3) is 17.0 Å². The lowest BCUT2D eigenvalue weighted by atomic mass is 9.99. The molecule has 0 saturated carbocycles. The smallest absolute Gasteiger partial charge is 0.223 e. The average molecular weight is 475 g/mol. The van der Waals surface area contributed by atoms with E-state index in [-0.39, 0.29) is 6.04 Å². The van der Waals surface area contributed by atoms with Crippen molar-refractivity contribution in [3.63, 3.8) is 0 Å². The van der Waals surface area contributed by atoms with Crippen molar-refractivity contribution in [2.45, 2.75) is 32.4 Å². The number of benzene rings is 2. The fourth-order valence-electron chi connectivity index (χ4n) is 4.29. The molecule has 0 fully saturated rings. The first kappa shape index (κ1) is 23.2. The molecule has 0 saturated heterocycles. The summed E-state index contributed by atoms with van der Waals surface area (Å²) < 4.78 is 1.94. The number of hydrogen-bond acceptors (Lipinski definition) is 6. The fraction of sp³-hybridized carbons (Fsp3) is 0.172. The lowest BCUT2D eigenvalue weighted by molar-refractivity contribution is 0.178. The second-order valence-electron chi connectivity index (χ2n) is 8.83. The van der Waals surface area contributed by atoms with Crippen molar-refractivity contribution < 1.29 is 5.11 Å². The van der Waals surface area contributed by atoms with Gasteiger partial charge < -0.3 is 10.4 Å². The monoisotopic (exact) mass is 474 g/mol. The highest BCUT2D eigenvalue weighted by Gasteiger charge is 2.16. The zero-order chi connectivity index (χ0) is 25.1. The fourth-order valence-corrected chi connectivity index (χ4v) is 4.29. The third-order valence-corrected chi connectivity index (χ3v) is 6.32. The Hall–Kier alpha value is -4.54. The van der Waals surface area contributed by atoms with Crippen LogP contribution in [-0.4, -0.2) is 24.5 Å². The summed E-state index contributed by atoms with van der Waals surface area (Å²) in [6, 6.07) is 23.9. The van der Waals surface area contributed by atoms with Gasteiger partial charge in [-0.15, -0.1) is 0 Å². The van der Waals surface area contributed by atoms with Gasteiger partial charge in [-0.25, -0.2) is 15.0 Å². The predicted molar refractivity (Wildman–Crippen MR) is 139 cm³/mol. The van der Waals surface area contributed by atoms with Crippen LogP contribution >= 0.6 is 0 Å². The third kappa shape index (κ3) is 4.67. The van der Waals surface area contributed by atoms with Gasteiger partial charge >= 0.3 is 0 Å². The van der Waals surface area contributed by atoms with Gasteiger partial charge in [0.15, 0.2) is 0 Å². The Bertz CT molecular complexity index is 1540. The van der Waals surface area contributed by atoms with E-state index >= 15 is 0 Å². The number of fused-ring (bicyclic) bond motifs is 1. The second-order valence-corrected chi connectivity index (χ2v) is 8.83. The lowest BCUT2D eigenvalue weighted by Gasteiger charge is -2.17. The van der Waals surface area contributed by atoms with E-state index in [0.717, 1.165) is 33.6 Å². The van der Waals surface area contributed by atoms with E-state index in [0.29, 0.717) is 23.6 Å². The van der Waals surface area contributed by atoms with Crippen LogP contribution in [0.5, 0.6) is 0 Å². The summed E-state index contributed by atoms with van der Waals surface area (Å²) in [5.74, 6) is 0.423. The highest BCUT2D eigenvalue weighted by atomic mass is 16.3. The molecule has 0 bridgehead atoms. The van der Waals surface area contributed by atoms with Gasteiger partial charge in [0, 0.05) is 12.6 Å². The first-order valence-corrected chi connectivity index (χ1v) is 11.8. The molecule has 0 aliphatic carbocycles. The Balaban J connectivity index is 1.35. The minimum Gasteiger partial charge on any atom is -0.388 e. The molecule has 5 rings (SSSR count). The van der Waals surface area contributed by atoms with E-state index in [4.69, 9.17) is 0 Å². The molecule has 3 aromatic heterocycles. The number of rotatable bonds is 7. The maximum Gasteiger partial charge on any atom is 0.223 e. The zero-order valence-electron chi connectivity index (χ0n) is 20.1. The van der Waals surface area contributed by atoms with Crippen molar-refractivity contribution in [1.82, 2.24) is 19.4 Å². The Labute approximate surface area is 209 Å². The maximum absolute atomic E-state index is 10.6. The van der Waals surface area contributed by atoms with E-state index in [1.165, 1.54) is 6.20 Å². The summed E-state index contributed by atoms with van der Waals surface area (Å²) in [5, 5.41) is 23.6. The van der Waals surface area contributed by atoms with Gasteiger partial charge in [0.05, 0.1) is 35.8 Å². The number of aryl methyl sites for hydroxylation is 1. The average Bonchev–Trinajstić information content (AvgIpc) is 3.35. The molecule has 2 aromatic carbocycles. The molecule has 178 valence electrons. The van der Waals surface area contributed by atoms with E-state index in [9.17, 15) is 10.4 Å². The van der Waals surface area contributed by atoms with Gasteiger partial charge in [-0.1, -0.05) is 60.7 Å². The highest BCUT2D eigenvalue weighted by molar-refractivity contribution is 5.68. The van der Waals surface area contributed by atoms with Gasteiger partial charge in [0.25, 0.3) is 0 Å². The molecule has 7 nitrogen and oxygen atoms in total. The van der Waals surface area contributed by atoms with Gasteiger partial charge in [-0.3, -0.25) is 4.40 Å². The van der Waals surface area contributed by atoms with Crippen LogP contribution in [0.1, 0.15) is 46.9 Å². The van der Waals surface area contributed by atoms with Crippen molar-refractivity contribution in [2.75, 3.05) is 5.32 Å². The van der Waals surface area contributed by atoms with Gasteiger partial charge in [-0.05, 0) is 42.2 Å². The number of imidazole rings is 1. The maximum atomic E-state index is 10.6. The standard InChI is InChI=1S/C29H26N6O/c1-19-7-6-14-35-25(18-31-28(19)35)27-24(16-30)17-32-29(34-27)33-20(2)22-10-12-23(13-11-22)26(36)15-21-8-4-3-5-9-21/h3-14,17-18,20,26,36H,15H2,1-2H3,(H,32,33,34)/t20-,26?/m0/s1. The Kier molecular flexibility index (Phi) is 6.44. The second kappa shape index (κ2) is 9.98. The highest BCUT2D eigenvalue weighted by Crippen LogP contribution is 2.26. The minimum atomic E-state index is -0.566. The zero-order valence-corrected chi connectivity index (χ0v) is 20.1. The summed E-state index contributed by atoms with van der Waals surface area (Å²) in [6.07, 6.45) is 5.19. The van der Waals surface area contributed by atoms with E-state index < -0.39 is 6.10 Å². The van der Waals surface area contributed by atoms with Crippen molar-refractivity contribution >= 4 is 11.6 Å². The SMILES string of the molecule is Cc1cccn2c(-c3nc(N[C@@H](C)c4ccc(C(O)Cc5ccccc5)cc4)ncc3C#N)cnc12. The number of anilines is 1. The number of nitrogens with zero attached hydrogens (tertiary/aromatic N) is 5. The number of aliphatic hydroxyl groups is 1. The van der Waals surface area contributed by atoms with Gasteiger partial charge in [0.1, 0.15) is 17.4 Å². The Morgan fingerprint density at radius 3 is 2.47 bits per heavy atom. The summed E-state index contributed by atoms with van der Waals surface area (Å²) in [7, 11) is 0. The molecule has 5 aromatic rings. The number of hydrogen-bond donors (Lipinski definition) is 2. The van der Waals surface area contributed by atoms with Crippen molar-refractivity contribution in [2.24, 2.45) is 0 Å². The van der Waals surface area contributed by atoms with Crippen molar-refractivity contribution in [3.05, 3.63) is 113 Å². The number of pyridine rings is 1. The predicted octanol–water partition coefficient (Wildman–Crippen LogP) is 5.42. The van der Waals surface area contributed by atoms with Gasteiger partial charge in [-0.2, -0.15) is 5.26 Å². The number of aromatic nitrogens is 4. The van der Waals surface area contributed by atoms with E-state index in [2.05, 4.69) is 26.3 Å². The molecule has 0 radical (unpaired) electrons. The topological polar surface area (TPSA) is 99.1 Å². The van der Waals surface area contributed by atoms with Crippen molar-refractivity contribution in [1.29, 1.82) is 5.26 Å². The molecule has 0 aliphatic rings. The normalized spacial score (nSPS) is 12.7. The third-order valence-electron chi connectivity index (χ3n) is 6.32. The van der Waals surface area contributed by atoms with Crippen LogP contribution in [0.15, 0.2) is 85.3 Å². The molecule has 0 amide bonds. The molecule has 0 spiro atoms. The molecule has 0 aliphatic heterocycles. The first-order chi connectivity index (χ1) is 17.5. The van der Waals surface area contributed by atoms with Gasteiger partial charge in [0.2, 0.25) is 5.95 Å². The molecule has 1 unspecified atom stereocenters. The molecule has 7 heteroatoms. The van der Waals surface area contributed by atoms with Crippen LogP contribution in [0.2, 0.25) is 0 Å². The van der Waals surface area contributed by atoms with Crippen LogP contribution < -0.4 is 5.32 Å². The Morgan fingerprint density at radius 1 is 0.972 bits per heavy atom. The van der Waals surface area contributed by atoms with Crippen LogP contribution in [-0.2, 0) is 6.42 Å². The molecule has 2 atom stereocenters. The molecule has 36 heavy (non-hydrogen) atoms. The van der Waals surface area contributed by atoms with Crippen LogP contribution in [0.3, 0.4) is 0 Å². The molecular formula is C29H26N6O. The first-order valence-electron chi connectivity index (χ1n) is 11.8. The van der Waals surface area contributed by atoms with E-state index in [1.54, 1.807) is 6.20 Å². The number of aliphatic hydroxyl groups excluding tert-OH is 1. The lowest BCUT2D eigenvalue weighted by Crippen LogP contribution is -2.11. The van der Waals surface area contributed by atoms with Crippen LogP contribution in [0.4, 0.5) is 5.95 Å². The minimum absolute atomic E-state index is 0.0875. The van der Waals surface area contributed by atoms with Crippen molar-refractivity contribution in [3.8, 4) is 17.5 Å². The summed E-state index contributed by atoms with van der Waals surface area (Å²) in [5.41, 5.74) is 6.51. The molecule has 2 N–H and O–H groups in total. The summed E-state index contributed by atoms with van der Waals surface area (Å²) in [4.78, 5) is 13.5. The quantitative estimate of drug-likeness (QED) is 0.327. The largest absolute Gasteiger partial charge is 0.388 e. The van der Waals surface area contributed by atoms with E-state index in [1.807, 2.05) is 91.2 Å². The summed E-state index contributed by atoms with van der Waals surface area (Å²) in [6.45, 7) is 4.02. The molecular weight excluding hydrogens is 448 g/mol. The molecule has 3 heterocycles. The number of nitrogens with one attached hydrogen (secondary N) is 1.